The van der Waals surface area contributed by atoms with Gasteiger partial charge in [-0.1, -0.05) is 11.6 Å². The number of nitrogens with two attached hydrogens (primary N) is 1. The van der Waals surface area contributed by atoms with Gasteiger partial charge < -0.3 is 35.3 Å². The van der Waals surface area contributed by atoms with E-state index in [-0.39, 0.29) is 39.6 Å². The van der Waals surface area contributed by atoms with E-state index >= 15 is 0 Å². The highest BCUT2D eigenvalue weighted by molar-refractivity contribution is 6.34. The predicted molar refractivity (Wildman–Crippen MR) is 108 cm³/mol. The van der Waals surface area contributed by atoms with Crippen LogP contribution in [-0.2, 0) is 4.74 Å². The quantitative estimate of drug-likeness (QED) is 0.413. The number of hydrogen-bond donors (Lipinski definition) is 3. The second-order valence-corrected chi connectivity index (χ2v) is 7.27. The molecule has 4 N–H and O–H groups in total. The Morgan fingerprint density at radius 2 is 2.07 bits per heavy atom. The molecule has 158 valence electrons. The number of carbonyl (C=O) groups is 1. The molecule has 1 aromatic carbocycles. The van der Waals surface area contributed by atoms with Gasteiger partial charge in [-0.25, -0.2) is 0 Å². The summed E-state index contributed by atoms with van der Waals surface area (Å²) in [5, 5.41) is 13.5. The van der Waals surface area contributed by atoms with E-state index in [1.54, 1.807) is 7.11 Å². The van der Waals surface area contributed by atoms with Crippen molar-refractivity contribution in [3.63, 3.8) is 0 Å². The summed E-state index contributed by atoms with van der Waals surface area (Å²) in [7, 11) is 4.55. The number of methoxy groups -OCH3 is 3. The summed E-state index contributed by atoms with van der Waals surface area (Å²) in [6.07, 6.45) is 1.24. The number of nitrogens with one attached hydrogen (secondary N) is 1. The van der Waals surface area contributed by atoms with Crippen molar-refractivity contribution in [1.82, 2.24) is 10.2 Å². The number of nitrogens with zero attached hydrogens (tertiary/aromatic N) is 1. The highest BCUT2D eigenvalue weighted by Gasteiger charge is 2.28. The van der Waals surface area contributed by atoms with Crippen LogP contribution in [0.4, 0.5) is 5.69 Å². The molecule has 1 saturated heterocycles. The zero-order chi connectivity index (χ0) is 20.7. The number of anilines is 1. The van der Waals surface area contributed by atoms with E-state index < -0.39 is 6.10 Å². The summed E-state index contributed by atoms with van der Waals surface area (Å²) in [5.41, 5.74) is 6.35. The van der Waals surface area contributed by atoms with E-state index in [2.05, 4.69) is 10.2 Å². The van der Waals surface area contributed by atoms with Crippen molar-refractivity contribution < 1.29 is 24.1 Å². The third-order valence-electron chi connectivity index (χ3n) is 5.03. The summed E-state index contributed by atoms with van der Waals surface area (Å²) >= 11 is 6.12. The molecule has 0 spiro atoms. The van der Waals surface area contributed by atoms with Gasteiger partial charge in [0.15, 0.2) is 11.5 Å². The third kappa shape index (κ3) is 5.41. The summed E-state index contributed by atoms with van der Waals surface area (Å²) < 4.78 is 15.6. The molecular formula is C19H30ClN3O5. The van der Waals surface area contributed by atoms with E-state index in [4.69, 9.17) is 31.5 Å². The van der Waals surface area contributed by atoms with Crippen LogP contribution < -0.4 is 20.5 Å². The van der Waals surface area contributed by atoms with Crippen molar-refractivity contribution in [2.24, 2.45) is 5.92 Å². The molecule has 28 heavy (non-hydrogen) atoms. The first-order valence-electron chi connectivity index (χ1n) is 9.30. The van der Waals surface area contributed by atoms with Gasteiger partial charge in [0.1, 0.15) is 0 Å². The normalized spacial score (nSPS) is 20.0. The Balaban J connectivity index is 1.97. The summed E-state index contributed by atoms with van der Waals surface area (Å²) in [6.45, 7) is 3.44. The Hall–Kier alpha value is -1.74. The standard InChI is InChI=1S/C19H30ClN3O5/c1-26-8-4-6-23-7-5-12(15(24)11-23)10-22-19(25)13-9-14(20)16(21)18(28-3)17(13)27-2/h9,12,15,24H,4-8,10-11,21H2,1-3H3,(H,22,25)/t12-,15+/m1/s1. The molecule has 8 nitrogen and oxygen atoms in total. The number of rotatable bonds is 9. The zero-order valence-electron chi connectivity index (χ0n) is 16.7. The van der Waals surface area contributed by atoms with Gasteiger partial charge in [-0.2, -0.15) is 0 Å². The van der Waals surface area contributed by atoms with Crippen molar-refractivity contribution in [3.8, 4) is 11.5 Å². The number of nitrogen functional groups attached to an aromatic ring is 1. The molecule has 1 aliphatic rings. The predicted octanol–water partition coefficient (Wildman–Crippen LogP) is 1.39. The maximum absolute atomic E-state index is 12.7. The van der Waals surface area contributed by atoms with Crippen molar-refractivity contribution in [1.29, 1.82) is 0 Å². The molecule has 2 atom stereocenters. The number of likely N-dealkylation sites (tertiary alicyclic amines) is 1. The molecule has 0 radical (unpaired) electrons. The van der Waals surface area contributed by atoms with Gasteiger partial charge in [-0.05, 0) is 25.5 Å². The van der Waals surface area contributed by atoms with Crippen molar-refractivity contribution in [2.45, 2.75) is 18.9 Å². The van der Waals surface area contributed by atoms with E-state index in [9.17, 15) is 9.90 Å². The second kappa shape index (κ2) is 10.7. The first-order chi connectivity index (χ1) is 13.4. The van der Waals surface area contributed by atoms with Crippen LogP contribution in [0.1, 0.15) is 23.2 Å². The monoisotopic (exact) mass is 415 g/mol. The molecule has 1 fully saturated rings. The van der Waals surface area contributed by atoms with E-state index in [0.717, 1.165) is 25.9 Å². The molecule has 9 heteroatoms. The molecule has 0 aliphatic carbocycles. The van der Waals surface area contributed by atoms with Gasteiger partial charge in [0.2, 0.25) is 0 Å². The van der Waals surface area contributed by atoms with E-state index in [1.807, 2.05) is 0 Å². The van der Waals surface area contributed by atoms with Crippen LogP contribution in [0.3, 0.4) is 0 Å². The fourth-order valence-electron chi connectivity index (χ4n) is 3.44. The Bertz CT molecular complexity index is 673. The Morgan fingerprint density at radius 1 is 1.36 bits per heavy atom. The van der Waals surface area contributed by atoms with Crippen LogP contribution in [0.2, 0.25) is 5.02 Å². The van der Waals surface area contributed by atoms with Crippen LogP contribution >= 0.6 is 11.6 Å². The number of carbonyl (C=O) groups excluding carboxylic acids is 1. The average molecular weight is 416 g/mol. The molecule has 1 heterocycles. The largest absolute Gasteiger partial charge is 0.492 e. The highest BCUT2D eigenvalue weighted by Crippen LogP contribution is 2.41. The van der Waals surface area contributed by atoms with Crippen molar-refractivity contribution in [3.05, 3.63) is 16.7 Å². The Labute approximate surface area is 170 Å². The maximum atomic E-state index is 12.7. The lowest BCUT2D eigenvalue weighted by molar-refractivity contribution is 0.0192. The van der Waals surface area contributed by atoms with Crippen molar-refractivity contribution in [2.75, 3.05) is 59.8 Å². The topological polar surface area (TPSA) is 106 Å². The Morgan fingerprint density at radius 3 is 2.68 bits per heavy atom. The van der Waals surface area contributed by atoms with Crippen LogP contribution in [-0.4, -0.2) is 76.1 Å². The van der Waals surface area contributed by atoms with Gasteiger partial charge in [0.05, 0.1) is 36.6 Å². The molecule has 0 unspecified atom stereocenters. The summed E-state index contributed by atoms with van der Waals surface area (Å²) in [6, 6.07) is 1.46. The molecule has 1 amide bonds. The fourth-order valence-corrected chi connectivity index (χ4v) is 3.63. The van der Waals surface area contributed by atoms with Gasteiger partial charge in [0.25, 0.3) is 5.91 Å². The van der Waals surface area contributed by atoms with Crippen LogP contribution in [0.5, 0.6) is 11.5 Å². The first-order valence-corrected chi connectivity index (χ1v) is 9.68. The molecule has 0 aromatic heterocycles. The molecule has 0 saturated carbocycles. The average Bonchev–Trinajstić information content (AvgIpc) is 2.68. The molecule has 1 aromatic rings. The van der Waals surface area contributed by atoms with Gasteiger partial charge in [0, 0.05) is 39.3 Å². The molecular weight excluding hydrogens is 386 g/mol. The second-order valence-electron chi connectivity index (χ2n) is 6.86. The number of aliphatic hydroxyl groups is 1. The number of amides is 1. The smallest absolute Gasteiger partial charge is 0.255 e. The molecule has 1 aliphatic heterocycles. The number of benzene rings is 1. The van der Waals surface area contributed by atoms with Crippen LogP contribution in [0, 0.1) is 5.92 Å². The third-order valence-corrected chi connectivity index (χ3v) is 5.34. The number of aliphatic hydroxyl groups excluding tert-OH is 1. The lowest BCUT2D eigenvalue weighted by Crippen LogP contribution is -2.48. The molecule has 0 bridgehead atoms. The number of hydrogen-bond acceptors (Lipinski definition) is 7. The lowest BCUT2D eigenvalue weighted by Gasteiger charge is -2.36. The summed E-state index contributed by atoms with van der Waals surface area (Å²) in [5.74, 6) is 0.0894. The minimum Gasteiger partial charge on any atom is -0.492 e. The van der Waals surface area contributed by atoms with Gasteiger partial charge >= 0.3 is 0 Å². The minimum atomic E-state index is -0.497. The van der Waals surface area contributed by atoms with Gasteiger partial charge in [-0.3, -0.25) is 4.79 Å². The number of β-amino-alcohol motifs (C(OH)–C–C–N with tert-alkyl or cyclic N) is 1. The highest BCUT2D eigenvalue weighted by atomic mass is 35.5. The Kier molecular flexibility index (Phi) is 8.62. The first kappa shape index (κ1) is 22.5. The zero-order valence-corrected chi connectivity index (χ0v) is 17.4. The summed E-state index contributed by atoms with van der Waals surface area (Å²) in [4.78, 5) is 14.9. The van der Waals surface area contributed by atoms with E-state index in [1.165, 1.54) is 20.3 Å². The van der Waals surface area contributed by atoms with Crippen LogP contribution in [0.15, 0.2) is 6.07 Å². The minimum absolute atomic E-state index is 0.0141. The van der Waals surface area contributed by atoms with Crippen molar-refractivity contribution >= 4 is 23.2 Å². The van der Waals surface area contributed by atoms with Crippen LogP contribution in [0.25, 0.3) is 0 Å². The fraction of sp³-hybridized carbons (Fsp3) is 0.632. The number of ether oxygens (including phenoxy) is 3. The SMILES string of the molecule is COCCCN1CC[C@H](CNC(=O)c2cc(Cl)c(N)c(OC)c2OC)[C@@H](O)C1. The van der Waals surface area contributed by atoms with E-state index in [0.29, 0.717) is 19.7 Å². The maximum Gasteiger partial charge on any atom is 0.255 e. The molecule has 2 rings (SSSR count). The lowest BCUT2D eigenvalue weighted by atomic mass is 9.93. The number of piperidine rings is 1. The number of halogens is 1. The van der Waals surface area contributed by atoms with Gasteiger partial charge in [-0.15, -0.1) is 0 Å².